The Morgan fingerprint density at radius 3 is 1.22 bits per heavy atom. The van der Waals surface area contributed by atoms with Gasteiger partial charge in [-0.2, -0.15) is 0 Å². The highest BCUT2D eigenvalue weighted by Crippen LogP contribution is 2.28. The average molecular weight is 263 g/mol. The van der Waals surface area contributed by atoms with Gasteiger partial charge in [-0.1, -0.05) is 84.6 Å². The molecule has 0 spiro atoms. The summed E-state index contributed by atoms with van der Waals surface area (Å²) in [5.41, 5.74) is 3.42. The Labute approximate surface area is 115 Å². The third kappa shape index (κ3) is 3.71. The Morgan fingerprint density at radius 1 is 0.667 bits per heavy atom. The number of benzene rings is 1. The Morgan fingerprint density at radius 2 is 1.00 bits per heavy atom. The van der Waals surface area contributed by atoms with Crippen molar-refractivity contribution in [3.05, 3.63) is 29.3 Å². The van der Waals surface area contributed by atoms with E-state index < -0.39 is 8.07 Å². The molecule has 0 radical (unpaired) electrons. The largest absolute Gasteiger partial charge is 0.0776 e. The van der Waals surface area contributed by atoms with Crippen LogP contribution in [0.15, 0.2) is 18.2 Å². The van der Waals surface area contributed by atoms with Crippen molar-refractivity contribution in [2.24, 2.45) is 0 Å². The van der Waals surface area contributed by atoms with Crippen LogP contribution >= 0.6 is 0 Å². The third-order valence-electron chi connectivity index (χ3n) is 3.53. The Kier molecular flexibility index (Phi) is 3.89. The second-order valence-corrected chi connectivity index (χ2v) is 13.6. The molecule has 0 N–H and O–H groups in total. The minimum Gasteiger partial charge on any atom is -0.0656 e. The summed E-state index contributed by atoms with van der Waals surface area (Å²) in [5.74, 6) is 0. The fourth-order valence-electron chi connectivity index (χ4n) is 1.93. The number of hydrogen-bond donors (Lipinski definition) is 0. The van der Waals surface area contributed by atoms with Gasteiger partial charge in [-0.3, -0.25) is 0 Å². The lowest BCUT2D eigenvalue weighted by atomic mass is 9.81. The van der Waals surface area contributed by atoms with E-state index in [2.05, 4.69) is 79.4 Å². The fourth-order valence-corrected chi connectivity index (χ4v) is 3.10. The fraction of sp³-hybridized carbons (Fsp3) is 0.647. The lowest BCUT2D eigenvalue weighted by Crippen LogP contribution is -2.39. The van der Waals surface area contributed by atoms with Crippen molar-refractivity contribution in [2.45, 2.75) is 72.0 Å². The molecule has 0 nitrogen and oxygen atoms in total. The maximum Gasteiger partial charge on any atom is 0.0776 e. The summed E-state index contributed by atoms with van der Waals surface area (Å²) in [6.07, 6.45) is 0. The summed E-state index contributed by atoms with van der Waals surface area (Å²) < 4.78 is 0. The van der Waals surface area contributed by atoms with Crippen molar-refractivity contribution in [3.63, 3.8) is 0 Å². The molecule has 0 aliphatic carbocycles. The molecule has 0 heterocycles. The smallest absolute Gasteiger partial charge is 0.0656 e. The summed E-state index contributed by atoms with van der Waals surface area (Å²) in [4.78, 5) is 0. The van der Waals surface area contributed by atoms with Crippen molar-refractivity contribution in [1.29, 1.82) is 0 Å². The SMILES string of the molecule is CC(C)(C)c1cc(C(C)(C)C)cc([Si](C)(C)C)c1. The maximum atomic E-state index is 2.45. The molecule has 0 saturated heterocycles. The lowest BCUT2D eigenvalue weighted by molar-refractivity contribution is 0.569. The summed E-state index contributed by atoms with van der Waals surface area (Å²) in [5, 5.41) is 1.58. The zero-order valence-electron chi connectivity index (χ0n) is 13.7. The molecule has 0 aromatic heterocycles. The zero-order valence-corrected chi connectivity index (χ0v) is 14.7. The van der Waals surface area contributed by atoms with Crippen molar-refractivity contribution < 1.29 is 0 Å². The molecule has 0 atom stereocenters. The van der Waals surface area contributed by atoms with E-state index in [0.29, 0.717) is 0 Å². The second-order valence-electron chi connectivity index (χ2n) is 8.55. The van der Waals surface area contributed by atoms with Crippen molar-refractivity contribution in [3.8, 4) is 0 Å². The van der Waals surface area contributed by atoms with Gasteiger partial charge in [0.1, 0.15) is 0 Å². The van der Waals surface area contributed by atoms with Crippen LogP contribution < -0.4 is 5.19 Å². The minimum atomic E-state index is -1.25. The van der Waals surface area contributed by atoms with Gasteiger partial charge in [-0.25, -0.2) is 0 Å². The van der Waals surface area contributed by atoms with Crippen molar-refractivity contribution >= 4 is 13.3 Å². The van der Waals surface area contributed by atoms with Crippen molar-refractivity contribution in [2.75, 3.05) is 0 Å². The summed E-state index contributed by atoms with van der Waals surface area (Å²) >= 11 is 0. The molecule has 1 aromatic carbocycles. The summed E-state index contributed by atoms with van der Waals surface area (Å²) in [6, 6.07) is 7.30. The van der Waals surface area contributed by atoms with Gasteiger partial charge in [0.15, 0.2) is 0 Å². The van der Waals surface area contributed by atoms with Gasteiger partial charge in [-0.15, -0.1) is 0 Å². The van der Waals surface area contributed by atoms with Crippen LogP contribution in [0, 0.1) is 0 Å². The molecule has 0 unspecified atom stereocenters. The van der Waals surface area contributed by atoms with Gasteiger partial charge < -0.3 is 0 Å². The summed E-state index contributed by atoms with van der Waals surface area (Å²) in [6.45, 7) is 21.1. The normalized spacial score (nSPS) is 13.8. The monoisotopic (exact) mass is 262 g/mol. The maximum absolute atomic E-state index is 2.45. The molecule has 0 aliphatic rings. The van der Waals surface area contributed by atoms with Gasteiger partial charge in [0.05, 0.1) is 8.07 Å². The average Bonchev–Trinajstić information content (AvgIpc) is 2.13. The van der Waals surface area contributed by atoms with Crippen LogP contribution in [0.3, 0.4) is 0 Å². The molecular formula is C17H30Si. The predicted molar refractivity (Wildman–Crippen MR) is 86.8 cm³/mol. The van der Waals surface area contributed by atoms with Crippen LogP contribution in [-0.2, 0) is 10.8 Å². The molecule has 0 aliphatic heterocycles. The first-order valence-corrected chi connectivity index (χ1v) is 10.5. The van der Waals surface area contributed by atoms with E-state index in [1.165, 1.54) is 11.1 Å². The van der Waals surface area contributed by atoms with Crippen molar-refractivity contribution in [1.82, 2.24) is 0 Å². The highest BCUT2D eigenvalue weighted by Gasteiger charge is 2.24. The quantitative estimate of drug-likeness (QED) is 0.636. The lowest BCUT2D eigenvalue weighted by Gasteiger charge is -2.29. The Hall–Kier alpha value is -0.563. The van der Waals surface area contributed by atoms with Gasteiger partial charge >= 0.3 is 0 Å². The number of rotatable bonds is 1. The highest BCUT2D eigenvalue weighted by molar-refractivity contribution is 6.88. The molecule has 18 heavy (non-hydrogen) atoms. The molecule has 0 fully saturated rings. The van der Waals surface area contributed by atoms with E-state index in [1.54, 1.807) is 5.19 Å². The van der Waals surface area contributed by atoms with Crippen LogP contribution in [0.25, 0.3) is 0 Å². The number of hydrogen-bond acceptors (Lipinski definition) is 0. The minimum absolute atomic E-state index is 0.232. The van der Waals surface area contributed by atoms with Gasteiger partial charge in [-0.05, 0) is 22.0 Å². The molecular weight excluding hydrogens is 232 g/mol. The van der Waals surface area contributed by atoms with E-state index in [1.807, 2.05) is 0 Å². The molecule has 0 amide bonds. The molecule has 1 rings (SSSR count). The molecule has 102 valence electrons. The molecule has 1 aromatic rings. The first-order valence-electron chi connectivity index (χ1n) is 6.98. The van der Waals surface area contributed by atoms with Gasteiger partial charge in [0, 0.05) is 0 Å². The highest BCUT2D eigenvalue weighted by atomic mass is 28.3. The molecule has 1 heteroatoms. The van der Waals surface area contributed by atoms with E-state index >= 15 is 0 Å². The standard InChI is InChI=1S/C17H30Si/c1-16(2,3)13-10-14(17(4,5)6)12-15(11-13)18(7,8)9/h10-12H,1-9H3. The van der Waals surface area contributed by atoms with Crippen LogP contribution in [0.4, 0.5) is 0 Å². The second kappa shape index (κ2) is 4.52. The molecule has 0 bridgehead atoms. The third-order valence-corrected chi connectivity index (χ3v) is 5.55. The first kappa shape index (κ1) is 15.5. The predicted octanol–water partition coefficient (Wildman–Crippen LogP) is 4.83. The first-order chi connectivity index (χ1) is 7.82. The van der Waals surface area contributed by atoms with Gasteiger partial charge in [0.2, 0.25) is 0 Å². The van der Waals surface area contributed by atoms with E-state index in [-0.39, 0.29) is 10.8 Å². The summed E-state index contributed by atoms with van der Waals surface area (Å²) in [7, 11) is -1.25. The van der Waals surface area contributed by atoms with Crippen LogP contribution in [0.5, 0.6) is 0 Å². The Balaban J connectivity index is 3.49. The molecule has 0 saturated carbocycles. The van der Waals surface area contributed by atoms with E-state index in [4.69, 9.17) is 0 Å². The van der Waals surface area contributed by atoms with E-state index in [9.17, 15) is 0 Å². The zero-order chi connectivity index (χ0) is 14.4. The van der Waals surface area contributed by atoms with Gasteiger partial charge in [0.25, 0.3) is 0 Å². The van der Waals surface area contributed by atoms with E-state index in [0.717, 1.165) is 0 Å². The van der Waals surface area contributed by atoms with Crippen LogP contribution in [-0.4, -0.2) is 8.07 Å². The topological polar surface area (TPSA) is 0 Å². The van der Waals surface area contributed by atoms with Crippen LogP contribution in [0.1, 0.15) is 52.7 Å². The van der Waals surface area contributed by atoms with Crippen LogP contribution in [0.2, 0.25) is 19.6 Å². The Bertz CT molecular complexity index is 343.